The van der Waals surface area contributed by atoms with Gasteiger partial charge < -0.3 is 0 Å². The number of hydrogen-bond donors (Lipinski definition) is 0. The second-order valence-corrected chi connectivity index (χ2v) is 10.0. The largest absolute Gasteiger partial charge is 0.110 e. The van der Waals surface area contributed by atoms with Crippen LogP contribution in [0.5, 0.6) is 0 Å². The lowest BCUT2D eigenvalue weighted by molar-refractivity contribution is 0.0719. The lowest BCUT2D eigenvalue weighted by Gasteiger charge is -2.42. The third-order valence-electron chi connectivity index (χ3n) is 8.68. The van der Waals surface area contributed by atoms with Crippen LogP contribution >= 0.6 is 0 Å². The van der Waals surface area contributed by atoms with E-state index >= 15 is 0 Å². The van der Waals surface area contributed by atoms with Gasteiger partial charge in [-0.2, -0.15) is 0 Å². The number of fused-ring (bicyclic) bond motifs is 5. The molecule has 0 amide bonds. The third kappa shape index (κ3) is 1.47. The Balaban J connectivity index is 1.70. The molecule has 0 unspecified atom stereocenters. The summed E-state index contributed by atoms with van der Waals surface area (Å²) in [5.74, 6) is 6.00. The van der Waals surface area contributed by atoms with Gasteiger partial charge in [-0.1, -0.05) is 27.7 Å². The predicted octanol–water partition coefficient (Wildman–Crippen LogP) is 5.87. The smallest absolute Gasteiger partial charge is 0.0596 e. The molecule has 0 aromatic carbocycles. The van der Waals surface area contributed by atoms with Gasteiger partial charge in [0.15, 0.2) is 0 Å². The maximum Gasteiger partial charge on any atom is 0.110 e. The first-order valence-corrected chi connectivity index (χ1v) is 9.14. The zero-order chi connectivity index (χ0) is 14.3. The van der Waals surface area contributed by atoms with Crippen molar-refractivity contribution < 1.29 is 0 Å². The van der Waals surface area contributed by atoms with Crippen molar-refractivity contribution in [2.75, 3.05) is 0 Å². The van der Waals surface area contributed by atoms with Crippen molar-refractivity contribution in [3.8, 4) is 0 Å². The van der Waals surface area contributed by atoms with E-state index in [1.807, 2.05) is 5.92 Å². The van der Waals surface area contributed by atoms with Gasteiger partial charge >= 0.3 is 0 Å². The summed E-state index contributed by atoms with van der Waals surface area (Å²) in [4.78, 5) is 0. The number of hydrogen-bond acceptors (Lipinski definition) is 0. The normalized spacial score (nSPS) is 56.5. The summed E-state index contributed by atoms with van der Waals surface area (Å²) in [5.41, 5.74) is 1.88. The van der Waals surface area contributed by atoms with E-state index in [2.05, 4.69) is 34.6 Å². The molecule has 0 N–H and O–H groups in total. The third-order valence-corrected chi connectivity index (χ3v) is 8.68. The van der Waals surface area contributed by atoms with Crippen molar-refractivity contribution in [3.05, 3.63) is 5.92 Å². The lowest BCUT2D eigenvalue weighted by atomic mass is 9.56. The Labute approximate surface area is 126 Å². The fourth-order valence-electron chi connectivity index (χ4n) is 7.60. The summed E-state index contributed by atoms with van der Waals surface area (Å²) in [6.45, 7) is 12.9. The molecule has 0 heteroatoms. The van der Waals surface area contributed by atoms with E-state index < -0.39 is 0 Å². The summed E-state index contributed by atoms with van der Waals surface area (Å²) >= 11 is 0. The molecule has 0 aliphatic heterocycles. The van der Waals surface area contributed by atoms with Gasteiger partial charge in [0.1, 0.15) is 11.3 Å². The SMILES string of the molecule is C[C@@H]1CC[C+]2[C@@H]3C[C@@]4(C)CCC(C)(C)[C@H]4[C@@H]3CC[C@]21C. The van der Waals surface area contributed by atoms with Gasteiger partial charge in [-0.3, -0.25) is 0 Å². The molecule has 112 valence electrons. The Bertz CT molecular complexity index is 422. The molecule has 0 nitrogen and oxygen atoms in total. The van der Waals surface area contributed by atoms with Crippen LogP contribution in [-0.4, -0.2) is 0 Å². The maximum atomic E-state index is 2.64. The fraction of sp³-hybridized carbons (Fsp3) is 0.950. The van der Waals surface area contributed by atoms with E-state index in [1.54, 1.807) is 0 Å². The summed E-state index contributed by atoms with van der Waals surface area (Å²) in [6, 6.07) is 0. The van der Waals surface area contributed by atoms with Crippen LogP contribution in [-0.2, 0) is 0 Å². The lowest BCUT2D eigenvalue weighted by Crippen LogP contribution is -2.40. The first-order valence-electron chi connectivity index (χ1n) is 9.14. The van der Waals surface area contributed by atoms with Crippen molar-refractivity contribution in [2.24, 2.45) is 39.9 Å². The Hall–Kier alpha value is -0.130. The van der Waals surface area contributed by atoms with Crippen molar-refractivity contribution >= 4 is 0 Å². The second kappa shape index (κ2) is 3.79. The molecular weight excluding hydrogens is 240 g/mol. The molecule has 20 heavy (non-hydrogen) atoms. The summed E-state index contributed by atoms with van der Waals surface area (Å²) in [7, 11) is 0. The van der Waals surface area contributed by atoms with Gasteiger partial charge in [-0.25, -0.2) is 0 Å². The molecule has 0 saturated heterocycles. The van der Waals surface area contributed by atoms with Gasteiger partial charge in [0.25, 0.3) is 0 Å². The van der Waals surface area contributed by atoms with E-state index in [1.165, 1.54) is 44.9 Å². The molecular formula is C20H33+. The highest BCUT2D eigenvalue weighted by molar-refractivity contribution is 5.24. The van der Waals surface area contributed by atoms with E-state index in [4.69, 9.17) is 0 Å². The molecule has 0 bridgehead atoms. The summed E-state index contributed by atoms with van der Waals surface area (Å²) in [6.07, 6.45) is 10.5. The Kier molecular flexibility index (Phi) is 2.56. The van der Waals surface area contributed by atoms with Gasteiger partial charge in [0, 0.05) is 11.8 Å². The van der Waals surface area contributed by atoms with E-state index in [0.717, 1.165) is 23.7 Å². The molecule has 4 aliphatic carbocycles. The van der Waals surface area contributed by atoms with Crippen molar-refractivity contribution in [3.63, 3.8) is 0 Å². The van der Waals surface area contributed by atoms with Gasteiger partial charge in [-0.15, -0.1) is 0 Å². The molecule has 4 rings (SSSR count). The molecule has 6 atom stereocenters. The average Bonchev–Trinajstić information content (AvgIpc) is 2.91. The van der Waals surface area contributed by atoms with E-state index in [0.29, 0.717) is 16.2 Å². The maximum absolute atomic E-state index is 2.64. The molecule has 0 radical (unpaired) electrons. The van der Waals surface area contributed by atoms with Crippen LogP contribution in [0.25, 0.3) is 0 Å². The highest BCUT2D eigenvalue weighted by atomic mass is 14.7. The van der Waals surface area contributed by atoms with Crippen LogP contribution in [0.3, 0.4) is 0 Å². The minimum Gasteiger partial charge on any atom is -0.0596 e. The standard InChI is InChI=1S/C20H33/c1-13-6-7-16-15-12-19(4)11-10-18(2,3)17(19)14(15)8-9-20(13,16)5/h13-15,17H,6-12H2,1-5H3/q+1/t13-,14-,15-,17-,19-,20+/m1/s1. The van der Waals surface area contributed by atoms with Crippen molar-refractivity contribution in [1.82, 2.24) is 0 Å². The molecule has 0 heterocycles. The molecule has 0 aromatic heterocycles. The van der Waals surface area contributed by atoms with Crippen LogP contribution in [0.2, 0.25) is 0 Å². The Morgan fingerprint density at radius 1 is 0.950 bits per heavy atom. The second-order valence-electron chi connectivity index (χ2n) is 10.0. The molecule has 4 fully saturated rings. The Morgan fingerprint density at radius 3 is 2.45 bits per heavy atom. The van der Waals surface area contributed by atoms with Crippen LogP contribution in [0, 0.1) is 45.8 Å². The van der Waals surface area contributed by atoms with Crippen LogP contribution in [0.4, 0.5) is 0 Å². The minimum atomic E-state index is 0.604. The summed E-state index contributed by atoms with van der Waals surface area (Å²) in [5, 5.41) is 0. The average molecular weight is 273 g/mol. The summed E-state index contributed by atoms with van der Waals surface area (Å²) < 4.78 is 0. The van der Waals surface area contributed by atoms with Crippen molar-refractivity contribution in [1.29, 1.82) is 0 Å². The quantitative estimate of drug-likeness (QED) is 0.484. The minimum absolute atomic E-state index is 0.604. The molecule has 0 spiro atoms. The zero-order valence-electron chi connectivity index (χ0n) is 14.3. The monoisotopic (exact) mass is 273 g/mol. The Morgan fingerprint density at radius 2 is 1.70 bits per heavy atom. The van der Waals surface area contributed by atoms with E-state index in [-0.39, 0.29) is 0 Å². The topological polar surface area (TPSA) is 0 Å². The molecule has 4 saturated carbocycles. The molecule has 0 aromatic rings. The van der Waals surface area contributed by atoms with Gasteiger partial charge in [-0.05, 0) is 62.2 Å². The van der Waals surface area contributed by atoms with Crippen LogP contribution in [0.1, 0.15) is 79.6 Å². The highest BCUT2D eigenvalue weighted by Crippen LogP contribution is 2.73. The highest BCUT2D eigenvalue weighted by Gasteiger charge is 2.70. The first-order chi connectivity index (χ1) is 9.28. The predicted molar refractivity (Wildman–Crippen MR) is 85.2 cm³/mol. The number of rotatable bonds is 0. The van der Waals surface area contributed by atoms with Gasteiger partial charge in [0.05, 0.1) is 12.3 Å². The van der Waals surface area contributed by atoms with Crippen LogP contribution in [0.15, 0.2) is 0 Å². The zero-order valence-corrected chi connectivity index (χ0v) is 14.3. The molecule has 4 aliphatic rings. The first kappa shape index (κ1) is 13.5. The van der Waals surface area contributed by atoms with E-state index in [9.17, 15) is 0 Å². The fourth-order valence-corrected chi connectivity index (χ4v) is 7.60. The van der Waals surface area contributed by atoms with Crippen LogP contribution < -0.4 is 0 Å². The van der Waals surface area contributed by atoms with Gasteiger partial charge in [0.2, 0.25) is 0 Å². The van der Waals surface area contributed by atoms with Crippen molar-refractivity contribution in [2.45, 2.75) is 79.6 Å².